The van der Waals surface area contributed by atoms with Crippen LogP contribution in [0.3, 0.4) is 0 Å². The van der Waals surface area contributed by atoms with Crippen molar-refractivity contribution >= 4 is 32.7 Å². The minimum absolute atomic E-state index is 0.965. The van der Waals surface area contributed by atoms with E-state index in [0.29, 0.717) is 0 Å². The van der Waals surface area contributed by atoms with Crippen molar-refractivity contribution in [3.63, 3.8) is 0 Å². The van der Waals surface area contributed by atoms with Crippen LogP contribution in [-0.2, 0) is 0 Å². The van der Waals surface area contributed by atoms with E-state index in [0.717, 1.165) is 49.7 Å². The third-order valence-corrected chi connectivity index (χ3v) is 5.36. The Bertz CT molecular complexity index is 1510. The molecular formula is C25H16N4. The van der Waals surface area contributed by atoms with E-state index < -0.39 is 0 Å². The van der Waals surface area contributed by atoms with Gasteiger partial charge in [-0.15, -0.1) is 0 Å². The predicted molar refractivity (Wildman–Crippen MR) is 118 cm³/mol. The highest BCUT2D eigenvalue weighted by Gasteiger charge is 2.07. The number of hydrogen-bond acceptors (Lipinski definition) is 3. The molecule has 0 amide bonds. The molecule has 0 fully saturated rings. The van der Waals surface area contributed by atoms with Gasteiger partial charge in [0.05, 0.1) is 28.6 Å². The Morgan fingerprint density at radius 1 is 0.552 bits per heavy atom. The molecule has 0 unspecified atom stereocenters. The van der Waals surface area contributed by atoms with Gasteiger partial charge >= 0.3 is 0 Å². The number of nitrogens with zero attached hydrogens (tertiary/aromatic N) is 3. The fourth-order valence-corrected chi connectivity index (χ4v) is 3.81. The van der Waals surface area contributed by atoms with E-state index in [1.807, 2.05) is 24.5 Å². The van der Waals surface area contributed by atoms with Gasteiger partial charge in [-0.3, -0.25) is 9.97 Å². The first kappa shape index (κ1) is 16.0. The molecule has 3 aromatic heterocycles. The lowest BCUT2D eigenvalue weighted by Crippen LogP contribution is -1.87. The molecule has 0 aliphatic heterocycles. The lowest BCUT2D eigenvalue weighted by Gasteiger charge is -2.07. The van der Waals surface area contributed by atoms with E-state index in [4.69, 9.17) is 0 Å². The molecule has 0 saturated heterocycles. The molecule has 1 N–H and O–H groups in total. The first-order valence-electron chi connectivity index (χ1n) is 9.52. The molecule has 0 aliphatic rings. The number of pyridine rings is 2. The van der Waals surface area contributed by atoms with Crippen molar-refractivity contribution in [2.75, 3.05) is 0 Å². The van der Waals surface area contributed by atoms with E-state index in [-0.39, 0.29) is 0 Å². The summed E-state index contributed by atoms with van der Waals surface area (Å²) in [5.41, 5.74) is 7.22. The monoisotopic (exact) mass is 372 g/mol. The van der Waals surface area contributed by atoms with Crippen molar-refractivity contribution in [1.82, 2.24) is 19.9 Å². The van der Waals surface area contributed by atoms with Crippen LogP contribution < -0.4 is 0 Å². The van der Waals surface area contributed by atoms with Crippen LogP contribution in [0.15, 0.2) is 91.5 Å². The number of benzene rings is 3. The van der Waals surface area contributed by atoms with Crippen LogP contribution in [0.1, 0.15) is 0 Å². The molecule has 0 bridgehead atoms. The van der Waals surface area contributed by atoms with Crippen LogP contribution in [0, 0.1) is 0 Å². The Hall–Kier alpha value is -4.05. The zero-order valence-electron chi connectivity index (χ0n) is 15.5. The van der Waals surface area contributed by atoms with Gasteiger partial charge in [0, 0.05) is 34.3 Å². The van der Waals surface area contributed by atoms with Crippen molar-refractivity contribution < 1.29 is 0 Å². The van der Waals surface area contributed by atoms with Crippen molar-refractivity contribution in [3.05, 3.63) is 91.5 Å². The summed E-state index contributed by atoms with van der Waals surface area (Å²) in [6, 6.07) is 25.1. The number of rotatable bonds is 2. The molecule has 4 heteroatoms. The number of fused-ring (bicyclic) bond motifs is 3. The minimum Gasteiger partial charge on any atom is -0.345 e. The molecule has 3 heterocycles. The SMILES string of the molecule is c1ccc2cc(-c3ccc4ncc(-c5ccc6nc[nH]c6c5)cc4c3)ncc2c1. The third-order valence-electron chi connectivity index (χ3n) is 5.36. The highest BCUT2D eigenvalue weighted by atomic mass is 14.9. The summed E-state index contributed by atoms with van der Waals surface area (Å²) in [6.45, 7) is 0. The topological polar surface area (TPSA) is 54.5 Å². The van der Waals surface area contributed by atoms with Gasteiger partial charge in [0.2, 0.25) is 0 Å². The summed E-state index contributed by atoms with van der Waals surface area (Å²) >= 11 is 0. The van der Waals surface area contributed by atoms with Gasteiger partial charge in [0.15, 0.2) is 0 Å². The average Bonchev–Trinajstić information content (AvgIpc) is 3.26. The maximum Gasteiger partial charge on any atom is 0.0931 e. The molecule has 6 rings (SSSR count). The summed E-state index contributed by atoms with van der Waals surface area (Å²) in [4.78, 5) is 16.8. The first-order chi connectivity index (χ1) is 14.3. The number of aromatic amines is 1. The Balaban J connectivity index is 1.47. The normalized spacial score (nSPS) is 11.4. The molecule has 0 atom stereocenters. The lowest BCUT2D eigenvalue weighted by molar-refractivity contribution is 1.34. The first-order valence-corrected chi connectivity index (χ1v) is 9.52. The smallest absolute Gasteiger partial charge is 0.0931 e. The molecule has 0 aliphatic carbocycles. The Labute approximate surface area is 166 Å². The average molecular weight is 372 g/mol. The van der Waals surface area contributed by atoms with Crippen molar-refractivity contribution in [2.45, 2.75) is 0 Å². The highest BCUT2D eigenvalue weighted by Crippen LogP contribution is 2.28. The summed E-state index contributed by atoms with van der Waals surface area (Å²) in [6.07, 6.45) is 5.58. The van der Waals surface area contributed by atoms with Gasteiger partial charge in [0.1, 0.15) is 0 Å². The van der Waals surface area contributed by atoms with Crippen molar-refractivity contribution in [3.8, 4) is 22.4 Å². The van der Waals surface area contributed by atoms with Crippen LogP contribution >= 0.6 is 0 Å². The predicted octanol–water partition coefficient (Wildman–Crippen LogP) is 5.99. The molecule has 3 aromatic carbocycles. The van der Waals surface area contributed by atoms with Gasteiger partial charge < -0.3 is 4.98 Å². The molecule has 0 radical (unpaired) electrons. The van der Waals surface area contributed by atoms with Crippen LogP contribution in [0.5, 0.6) is 0 Å². The quantitative estimate of drug-likeness (QED) is 0.406. The zero-order valence-corrected chi connectivity index (χ0v) is 15.5. The zero-order chi connectivity index (χ0) is 19.2. The fourth-order valence-electron chi connectivity index (χ4n) is 3.81. The second kappa shape index (κ2) is 6.24. The summed E-state index contributed by atoms with van der Waals surface area (Å²) in [5, 5.41) is 3.44. The van der Waals surface area contributed by atoms with Crippen LogP contribution in [-0.4, -0.2) is 19.9 Å². The van der Waals surface area contributed by atoms with E-state index in [9.17, 15) is 0 Å². The van der Waals surface area contributed by atoms with Crippen LogP contribution in [0.2, 0.25) is 0 Å². The Morgan fingerprint density at radius 3 is 2.34 bits per heavy atom. The molecule has 136 valence electrons. The van der Waals surface area contributed by atoms with Gasteiger partial charge in [-0.2, -0.15) is 0 Å². The largest absolute Gasteiger partial charge is 0.345 e. The van der Waals surface area contributed by atoms with Crippen molar-refractivity contribution in [2.24, 2.45) is 0 Å². The number of nitrogens with one attached hydrogen (secondary N) is 1. The second-order valence-corrected chi connectivity index (χ2v) is 7.18. The number of aromatic nitrogens is 4. The lowest BCUT2D eigenvalue weighted by atomic mass is 10.0. The minimum atomic E-state index is 0.965. The molecule has 0 saturated carbocycles. The van der Waals surface area contributed by atoms with E-state index >= 15 is 0 Å². The number of hydrogen-bond donors (Lipinski definition) is 1. The fraction of sp³-hybridized carbons (Fsp3) is 0. The van der Waals surface area contributed by atoms with Gasteiger partial charge in [-0.25, -0.2) is 4.98 Å². The van der Waals surface area contributed by atoms with Crippen molar-refractivity contribution in [1.29, 1.82) is 0 Å². The summed E-state index contributed by atoms with van der Waals surface area (Å²) in [7, 11) is 0. The third kappa shape index (κ3) is 2.74. The van der Waals surface area contributed by atoms with E-state index in [2.05, 4.69) is 80.6 Å². The standard InChI is InChI=1S/C25H16N4/c1-2-4-19-13-27-24(11-16(19)3-1)18-6-7-22-20(9-18)10-21(14-26-22)17-5-8-23-25(12-17)29-15-28-23/h1-15H,(H,28,29). The van der Waals surface area contributed by atoms with E-state index in [1.54, 1.807) is 6.33 Å². The summed E-state index contributed by atoms with van der Waals surface area (Å²) < 4.78 is 0. The molecule has 4 nitrogen and oxygen atoms in total. The maximum atomic E-state index is 4.66. The van der Waals surface area contributed by atoms with Gasteiger partial charge in [-0.1, -0.05) is 36.4 Å². The molecule has 6 aromatic rings. The van der Waals surface area contributed by atoms with E-state index in [1.165, 1.54) is 5.39 Å². The van der Waals surface area contributed by atoms with Crippen LogP contribution in [0.25, 0.3) is 55.1 Å². The number of imidazole rings is 1. The molecule has 0 spiro atoms. The molecular weight excluding hydrogens is 356 g/mol. The van der Waals surface area contributed by atoms with Crippen LogP contribution in [0.4, 0.5) is 0 Å². The van der Waals surface area contributed by atoms with Gasteiger partial charge in [-0.05, 0) is 47.3 Å². The number of H-pyrrole nitrogens is 1. The Morgan fingerprint density at radius 2 is 1.38 bits per heavy atom. The van der Waals surface area contributed by atoms with Gasteiger partial charge in [0.25, 0.3) is 0 Å². The Kier molecular flexibility index (Phi) is 3.43. The maximum absolute atomic E-state index is 4.66. The molecule has 29 heavy (non-hydrogen) atoms. The second-order valence-electron chi connectivity index (χ2n) is 7.18. The highest BCUT2D eigenvalue weighted by molar-refractivity contribution is 5.91. The summed E-state index contributed by atoms with van der Waals surface area (Å²) in [5.74, 6) is 0.